The molecule has 0 heterocycles. The van der Waals surface area contributed by atoms with E-state index in [-0.39, 0.29) is 6.42 Å². The fraction of sp³-hybridized carbons (Fsp3) is 0.500. The predicted octanol–water partition coefficient (Wildman–Crippen LogP) is 2.54. The minimum atomic E-state index is -1.06. The smallest absolute Gasteiger partial charge is 0.175 e. The van der Waals surface area contributed by atoms with Crippen LogP contribution in [0.2, 0.25) is 0 Å². The summed E-state index contributed by atoms with van der Waals surface area (Å²) in [5.41, 5.74) is -0.137. The van der Waals surface area contributed by atoms with Gasteiger partial charge in [-0.25, -0.2) is 0 Å². The molecule has 0 saturated heterocycles. The quantitative estimate of drug-likeness (QED) is 0.489. The van der Waals surface area contributed by atoms with E-state index in [1.54, 1.807) is 0 Å². The second kappa shape index (κ2) is 4.50. The van der Waals surface area contributed by atoms with Gasteiger partial charge in [-0.1, -0.05) is 6.08 Å². The summed E-state index contributed by atoms with van der Waals surface area (Å²) >= 11 is 0. The summed E-state index contributed by atoms with van der Waals surface area (Å²) in [4.78, 5) is 0. The van der Waals surface area contributed by atoms with Crippen LogP contribution in [0.1, 0.15) is 32.1 Å². The zero-order chi connectivity index (χ0) is 10.4. The van der Waals surface area contributed by atoms with E-state index in [1.807, 2.05) is 6.08 Å². The van der Waals surface area contributed by atoms with E-state index < -0.39 is 5.41 Å². The van der Waals surface area contributed by atoms with Crippen LogP contribution >= 0.6 is 0 Å². The maximum Gasteiger partial charge on any atom is 0.175 e. The van der Waals surface area contributed by atoms with Crippen molar-refractivity contribution in [3.05, 3.63) is 11.6 Å². The Labute approximate surface area is 84.8 Å². The summed E-state index contributed by atoms with van der Waals surface area (Å²) < 4.78 is 0. The lowest BCUT2D eigenvalue weighted by atomic mass is 9.75. The average molecular weight is 184 g/mol. The number of allylic oxidation sites excluding steroid dienone is 2. The second-order valence-electron chi connectivity index (χ2n) is 3.48. The van der Waals surface area contributed by atoms with Crippen LogP contribution < -0.4 is 0 Å². The Morgan fingerprint density at radius 1 is 1.36 bits per heavy atom. The van der Waals surface area contributed by atoms with Crippen molar-refractivity contribution in [3.8, 4) is 24.5 Å². The van der Waals surface area contributed by atoms with E-state index in [0.717, 1.165) is 31.3 Å². The lowest BCUT2D eigenvalue weighted by molar-refractivity contribution is 0.558. The van der Waals surface area contributed by atoms with E-state index in [4.69, 9.17) is 16.9 Å². The lowest BCUT2D eigenvalue weighted by Gasteiger charge is -2.22. The van der Waals surface area contributed by atoms with Crippen LogP contribution in [0.15, 0.2) is 11.6 Å². The third-order valence-corrected chi connectivity index (χ3v) is 2.59. The highest BCUT2D eigenvalue weighted by atomic mass is 14.4. The van der Waals surface area contributed by atoms with Crippen molar-refractivity contribution in [1.82, 2.24) is 0 Å². The summed E-state index contributed by atoms with van der Waals surface area (Å²) in [5.74, 6) is 2.42. The SMILES string of the molecule is C#CCC(C#N)(C#N)C1=CCCCC1. The zero-order valence-electron chi connectivity index (χ0n) is 8.08. The number of terminal acetylenes is 1. The normalized spacial score (nSPS) is 15.9. The zero-order valence-corrected chi connectivity index (χ0v) is 8.08. The number of rotatable bonds is 2. The third-order valence-electron chi connectivity index (χ3n) is 2.59. The minimum Gasteiger partial charge on any atom is -0.196 e. The van der Waals surface area contributed by atoms with Gasteiger partial charge in [-0.2, -0.15) is 10.5 Å². The number of hydrogen-bond donors (Lipinski definition) is 0. The molecule has 1 rings (SSSR count). The average Bonchev–Trinajstić information content (AvgIpc) is 2.27. The molecule has 14 heavy (non-hydrogen) atoms. The fourth-order valence-electron chi connectivity index (χ4n) is 1.74. The van der Waals surface area contributed by atoms with Crippen molar-refractivity contribution in [3.63, 3.8) is 0 Å². The molecule has 0 radical (unpaired) electrons. The molecule has 2 nitrogen and oxygen atoms in total. The van der Waals surface area contributed by atoms with Crippen LogP contribution in [0.5, 0.6) is 0 Å². The molecule has 0 atom stereocenters. The molecule has 0 saturated carbocycles. The van der Waals surface area contributed by atoms with Gasteiger partial charge in [0, 0.05) is 6.42 Å². The van der Waals surface area contributed by atoms with Gasteiger partial charge in [0.1, 0.15) is 0 Å². The lowest BCUT2D eigenvalue weighted by Crippen LogP contribution is -2.20. The third kappa shape index (κ3) is 1.78. The summed E-state index contributed by atoms with van der Waals surface area (Å²) in [6, 6.07) is 4.13. The molecule has 0 amide bonds. The van der Waals surface area contributed by atoms with Gasteiger partial charge in [0.05, 0.1) is 12.1 Å². The summed E-state index contributed by atoms with van der Waals surface area (Å²) in [5, 5.41) is 18.1. The van der Waals surface area contributed by atoms with Gasteiger partial charge in [-0.05, 0) is 31.3 Å². The van der Waals surface area contributed by atoms with Crippen LogP contribution in [-0.2, 0) is 0 Å². The summed E-state index contributed by atoms with van der Waals surface area (Å²) in [7, 11) is 0. The molecular weight excluding hydrogens is 172 g/mol. The van der Waals surface area contributed by atoms with Crippen LogP contribution in [0.4, 0.5) is 0 Å². The Bertz CT molecular complexity index is 343. The predicted molar refractivity (Wildman–Crippen MR) is 53.7 cm³/mol. The Hall–Kier alpha value is -1.72. The summed E-state index contributed by atoms with van der Waals surface area (Å²) in [6.07, 6.45) is 11.4. The molecule has 0 aromatic heterocycles. The van der Waals surface area contributed by atoms with E-state index in [9.17, 15) is 0 Å². The molecule has 1 aliphatic carbocycles. The molecule has 0 aromatic rings. The van der Waals surface area contributed by atoms with Crippen LogP contribution in [-0.4, -0.2) is 0 Å². The van der Waals surface area contributed by atoms with Crippen LogP contribution in [0.3, 0.4) is 0 Å². The van der Waals surface area contributed by atoms with Crippen molar-refractivity contribution in [2.75, 3.05) is 0 Å². The van der Waals surface area contributed by atoms with Gasteiger partial charge in [-0.15, -0.1) is 12.3 Å². The first-order chi connectivity index (χ1) is 6.79. The van der Waals surface area contributed by atoms with Crippen molar-refractivity contribution in [2.24, 2.45) is 5.41 Å². The molecule has 0 spiro atoms. The first-order valence-corrected chi connectivity index (χ1v) is 4.74. The van der Waals surface area contributed by atoms with E-state index in [2.05, 4.69) is 18.1 Å². The number of nitriles is 2. The Balaban J connectivity index is 3.00. The highest BCUT2D eigenvalue weighted by Crippen LogP contribution is 2.36. The number of hydrogen-bond acceptors (Lipinski definition) is 2. The molecule has 0 bridgehead atoms. The highest BCUT2D eigenvalue weighted by Gasteiger charge is 2.34. The monoisotopic (exact) mass is 184 g/mol. The fourth-order valence-corrected chi connectivity index (χ4v) is 1.74. The van der Waals surface area contributed by atoms with Crippen molar-refractivity contribution in [2.45, 2.75) is 32.1 Å². The maximum atomic E-state index is 9.05. The van der Waals surface area contributed by atoms with E-state index in [0.29, 0.717) is 0 Å². The molecule has 0 aliphatic heterocycles. The molecule has 2 heteroatoms. The molecule has 0 N–H and O–H groups in total. The Morgan fingerprint density at radius 3 is 2.50 bits per heavy atom. The molecule has 1 aliphatic rings. The molecule has 0 unspecified atom stereocenters. The highest BCUT2D eigenvalue weighted by molar-refractivity contribution is 5.35. The Kier molecular flexibility index (Phi) is 3.33. The van der Waals surface area contributed by atoms with Gasteiger partial charge in [0.15, 0.2) is 5.41 Å². The standard InChI is InChI=1S/C12H12N2/c1-2-8-12(9-13,10-14)11-6-4-3-5-7-11/h1,6H,3-5,7-8H2. The van der Waals surface area contributed by atoms with Crippen molar-refractivity contribution >= 4 is 0 Å². The van der Waals surface area contributed by atoms with Crippen molar-refractivity contribution in [1.29, 1.82) is 10.5 Å². The largest absolute Gasteiger partial charge is 0.196 e. The molecular formula is C12H12N2. The van der Waals surface area contributed by atoms with Crippen LogP contribution in [0, 0.1) is 40.4 Å². The summed E-state index contributed by atoms with van der Waals surface area (Å²) in [6.45, 7) is 0. The van der Waals surface area contributed by atoms with Gasteiger partial charge in [0.25, 0.3) is 0 Å². The minimum absolute atomic E-state index is 0.200. The van der Waals surface area contributed by atoms with Gasteiger partial charge in [0.2, 0.25) is 0 Å². The molecule has 0 aromatic carbocycles. The first kappa shape index (κ1) is 10.4. The van der Waals surface area contributed by atoms with Gasteiger partial charge < -0.3 is 0 Å². The maximum absolute atomic E-state index is 9.05. The van der Waals surface area contributed by atoms with E-state index >= 15 is 0 Å². The van der Waals surface area contributed by atoms with Gasteiger partial charge in [-0.3, -0.25) is 0 Å². The second-order valence-corrected chi connectivity index (χ2v) is 3.48. The first-order valence-electron chi connectivity index (χ1n) is 4.74. The van der Waals surface area contributed by atoms with Crippen molar-refractivity contribution < 1.29 is 0 Å². The number of nitrogens with zero attached hydrogens (tertiary/aromatic N) is 2. The van der Waals surface area contributed by atoms with Crippen LogP contribution in [0.25, 0.3) is 0 Å². The van der Waals surface area contributed by atoms with E-state index in [1.165, 1.54) is 0 Å². The molecule has 70 valence electrons. The topological polar surface area (TPSA) is 47.6 Å². The molecule has 0 fully saturated rings. The van der Waals surface area contributed by atoms with Gasteiger partial charge >= 0.3 is 0 Å². The Morgan fingerprint density at radius 2 is 2.07 bits per heavy atom.